The minimum Gasteiger partial charge on any atom is -0.468 e. The number of nitrogens with zero attached hydrogens (tertiary/aromatic N) is 2. The van der Waals surface area contributed by atoms with Gasteiger partial charge in [0.15, 0.2) is 0 Å². The van der Waals surface area contributed by atoms with Gasteiger partial charge in [0, 0.05) is 19.2 Å². The molecular formula is C23H27N3O4S. The predicted molar refractivity (Wildman–Crippen MR) is 121 cm³/mol. The highest BCUT2D eigenvalue weighted by Gasteiger charge is 2.23. The third kappa shape index (κ3) is 5.15. The van der Waals surface area contributed by atoms with E-state index in [-0.39, 0.29) is 22.4 Å². The second-order valence-corrected chi connectivity index (χ2v) is 9.51. The Kier molecular flexibility index (Phi) is 6.82. The van der Waals surface area contributed by atoms with Crippen LogP contribution < -0.4 is 9.62 Å². The standard InChI is InChI=1S/C23H27N3O4S/c1-17-10-12-19(13-11-17)26(4)31(28,29)20-8-5-7-18(15-20)23(27)24-16-21(25(2)3)22-9-6-14-30-22/h5-15,21H,16H2,1-4H3,(H,24,27). The lowest BCUT2D eigenvalue weighted by Gasteiger charge is -2.23. The van der Waals surface area contributed by atoms with E-state index < -0.39 is 10.0 Å². The van der Waals surface area contributed by atoms with Crippen molar-refractivity contribution in [2.45, 2.75) is 17.9 Å². The number of furan rings is 1. The van der Waals surface area contributed by atoms with Gasteiger partial charge in [-0.3, -0.25) is 14.0 Å². The molecule has 0 saturated carbocycles. The second-order valence-electron chi connectivity index (χ2n) is 7.54. The molecule has 0 aliphatic carbocycles. The molecule has 0 saturated heterocycles. The van der Waals surface area contributed by atoms with Gasteiger partial charge in [0.1, 0.15) is 5.76 Å². The molecule has 3 rings (SSSR count). The zero-order chi connectivity index (χ0) is 22.6. The van der Waals surface area contributed by atoms with Gasteiger partial charge in [-0.15, -0.1) is 0 Å². The van der Waals surface area contributed by atoms with E-state index in [0.29, 0.717) is 12.2 Å². The van der Waals surface area contributed by atoms with Crippen LogP contribution in [0.15, 0.2) is 76.2 Å². The van der Waals surface area contributed by atoms with Crippen LogP contribution in [0.5, 0.6) is 0 Å². The van der Waals surface area contributed by atoms with E-state index in [1.54, 1.807) is 36.6 Å². The summed E-state index contributed by atoms with van der Waals surface area (Å²) >= 11 is 0. The highest BCUT2D eigenvalue weighted by atomic mass is 32.2. The number of benzene rings is 2. The van der Waals surface area contributed by atoms with Crippen molar-refractivity contribution in [2.75, 3.05) is 32.0 Å². The van der Waals surface area contributed by atoms with Crippen LogP contribution in [0.2, 0.25) is 0 Å². The van der Waals surface area contributed by atoms with Crippen LogP contribution in [-0.4, -0.2) is 46.9 Å². The van der Waals surface area contributed by atoms with Gasteiger partial charge in [-0.1, -0.05) is 23.8 Å². The molecule has 0 bridgehead atoms. The summed E-state index contributed by atoms with van der Waals surface area (Å²) in [5, 5.41) is 2.87. The van der Waals surface area contributed by atoms with E-state index in [1.165, 1.54) is 23.5 Å². The molecule has 1 amide bonds. The minimum atomic E-state index is -3.81. The van der Waals surface area contributed by atoms with E-state index in [2.05, 4.69) is 5.32 Å². The molecule has 0 aliphatic heterocycles. The molecule has 3 aromatic rings. The predicted octanol–water partition coefficient (Wildman–Crippen LogP) is 3.45. The largest absolute Gasteiger partial charge is 0.468 e. The number of aryl methyl sites for hydroxylation is 1. The van der Waals surface area contributed by atoms with Crippen molar-refractivity contribution in [3.8, 4) is 0 Å². The maximum absolute atomic E-state index is 13.1. The number of hydrogen-bond donors (Lipinski definition) is 1. The average molecular weight is 442 g/mol. The van der Waals surface area contributed by atoms with Crippen LogP contribution in [0.3, 0.4) is 0 Å². The first-order valence-electron chi connectivity index (χ1n) is 9.84. The summed E-state index contributed by atoms with van der Waals surface area (Å²) in [5.41, 5.74) is 1.86. The number of carbonyl (C=O) groups is 1. The maximum atomic E-state index is 13.1. The van der Waals surface area contributed by atoms with Gasteiger partial charge in [0.05, 0.1) is 22.9 Å². The highest BCUT2D eigenvalue weighted by molar-refractivity contribution is 7.92. The van der Waals surface area contributed by atoms with Crippen molar-refractivity contribution in [3.63, 3.8) is 0 Å². The summed E-state index contributed by atoms with van der Waals surface area (Å²) in [6.07, 6.45) is 1.59. The number of sulfonamides is 1. The Morgan fingerprint density at radius 2 is 1.74 bits per heavy atom. The molecule has 164 valence electrons. The van der Waals surface area contributed by atoms with E-state index in [1.807, 2.05) is 44.1 Å². The fraction of sp³-hybridized carbons (Fsp3) is 0.261. The van der Waals surface area contributed by atoms with Crippen LogP contribution in [0.25, 0.3) is 0 Å². The first kappa shape index (κ1) is 22.6. The number of nitrogens with one attached hydrogen (secondary N) is 1. The first-order chi connectivity index (χ1) is 14.7. The number of amides is 1. The quantitative estimate of drug-likeness (QED) is 0.579. The lowest BCUT2D eigenvalue weighted by atomic mass is 10.2. The molecule has 1 atom stereocenters. The third-order valence-electron chi connectivity index (χ3n) is 5.10. The first-order valence-corrected chi connectivity index (χ1v) is 11.3. The Labute approximate surface area is 183 Å². The molecule has 1 heterocycles. The van der Waals surface area contributed by atoms with Gasteiger partial charge < -0.3 is 9.73 Å². The monoisotopic (exact) mass is 441 g/mol. The Bertz CT molecular complexity index is 1120. The summed E-state index contributed by atoms with van der Waals surface area (Å²) in [6, 6.07) is 16.8. The molecule has 8 heteroatoms. The third-order valence-corrected chi connectivity index (χ3v) is 6.88. The van der Waals surface area contributed by atoms with Crippen molar-refractivity contribution in [2.24, 2.45) is 0 Å². The summed E-state index contributed by atoms with van der Waals surface area (Å²) in [6.45, 7) is 2.26. The van der Waals surface area contributed by atoms with E-state index in [4.69, 9.17) is 4.42 Å². The zero-order valence-electron chi connectivity index (χ0n) is 18.1. The molecule has 7 nitrogen and oxygen atoms in total. The number of rotatable bonds is 8. The van der Waals surface area contributed by atoms with E-state index >= 15 is 0 Å². The van der Waals surface area contributed by atoms with Crippen molar-refractivity contribution in [3.05, 3.63) is 83.8 Å². The number of anilines is 1. The summed E-state index contributed by atoms with van der Waals surface area (Å²) in [7, 11) is 1.48. The van der Waals surface area contributed by atoms with Crippen LogP contribution in [-0.2, 0) is 10.0 Å². The Morgan fingerprint density at radius 1 is 1.03 bits per heavy atom. The molecule has 0 aliphatic rings. The van der Waals surface area contributed by atoms with Gasteiger partial charge in [-0.05, 0) is 63.5 Å². The molecular weight excluding hydrogens is 414 g/mol. The molecule has 1 N–H and O–H groups in total. The second kappa shape index (κ2) is 9.36. The normalized spacial score (nSPS) is 12.5. The Hall–Kier alpha value is -3.10. The van der Waals surface area contributed by atoms with Gasteiger partial charge in [-0.2, -0.15) is 0 Å². The lowest BCUT2D eigenvalue weighted by molar-refractivity contribution is 0.0939. The van der Waals surface area contributed by atoms with E-state index in [9.17, 15) is 13.2 Å². The molecule has 0 radical (unpaired) electrons. The molecule has 31 heavy (non-hydrogen) atoms. The van der Waals surface area contributed by atoms with Crippen LogP contribution in [0.4, 0.5) is 5.69 Å². The van der Waals surface area contributed by atoms with Gasteiger partial charge in [0.2, 0.25) is 0 Å². The van der Waals surface area contributed by atoms with Gasteiger partial charge in [0.25, 0.3) is 15.9 Å². The van der Waals surface area contributed by atoms with E-state index in [0.717, 1.165) is 11.3 Å². The van der Waals surface area contributed by atoms with Crippen molar-refractivity contribution < 1.29 is 17.6 Å². The van der Waals surface area contributed by atoms with Crippen LogP contribution >= 0.6 is 0 Å². The molecule has 1 aromatic heterocycles. The van der Waals surface area contributed by atoms with Gasteiger partial charge in [-0.25, -0.2) is 8.42 Å². The van der Waals surface area contributed by atoms with Crippen molar-refractivity contribution >= 4 is 21.6 Å². The number of likely N-dealkylation sites (N-methyl/N-ethyl adjacent to an activating group) is 1. The van der Waals surface area contributed by atoms with Gasteiger partial charge >= 0.3 is 0 Å². The zero-order valence-corrected chi connectivity index (χ0v) is 18.9. The smallest absolute Gasteiger partial charge is 0.264 e. The Morgan fingerprint density at radius 3 is 2.35 bits per heavy atom. The topological polar surface area (TPSA) is 82.9 Å². The highest BCUT2D eigenvalue weighted by Crippen LogP contribution is 2.23. The molecule has 0 spiro atoms. The van der Waals surface area contributed by atoms with Crippen LogP contribution in [0, 0.1) is 6.92 Å². The fourth-order valence-corrected chi connectivity index (χ4v) is 4.40. The summed E-state index contributed by atoms with van der Waals surface area (Å²) in [4.78, 5) is 14.7. The van der Waals surface area contributed by atoms with Crippen molar-refractivity contribution in [1.82, 2.24) is 10.2 Å². The van der Waals surface area contributed by atoms with Crippen molar-refractivity contribution in [1.29, 1.82) is 0 Å². The lowest BCUT2D eigenvalue weighted by Crippen LogP contribution is -2.34. The number of hydrogen-bond acceptors (Lipinski definition) is 5. The van der Waals surface area contributed by atoms with Crippen LogP contribution in [0.1, 0.15) is 27.7 Å². The maximum Gasteiger partial charge on any atom is 0.264 e. The summed E-state index contributed by atoms with van der Waals surface area (Å²) < 4.78 is 32.8. The Balaban J connectivity index is 1.77. The molecule has 0 fully saturated rings. The molecule has 2 aromatic carbocycles. The average Bonchev–Trinajstić information content (AvgIpc) is 3.28. The molecule has 1 unspecified atom stereocenters. The number of carbonyl (C=O) groups excluding carboxylic acids is 1. The fourth-order valence-electron chi connectivity index (χ4n) is 3.16. The SMILES string of the molecule is Cc1ccc(N(C)S(=O)(=O)c2cccc(C(=O)NCC(c3ccco3)N(C)C)c2)cc1. The summed E-state index contributed by atoms with van der Waals surface area (Å²) in [5.74, 6) is 0.384. The minimum absolute atomic E-state index is 0.0541.